The summed E-state index contributed by atoms with van der Waals surface area (Å²) in [5.41, 5.74) is 1.26. The number of hydrogen-bond acceptors (Lipinski definition) is 4. The average Bonchev–Trinajstić information content (AvgIpc) is 2.58. The molecule has 0 fully saturated rings. The largest absolute Gasteiger partial charge is 0.350 e. The van der Waals surface area contributed by atoms with E-state index in [-0.39, 0.29) is 17.3 Å². The van der Waals surface area contributed by atoms with Gasteiger partial charge in [0.2, 0.25) is 5.91 Å². The zero-order valence-electron chi connectivity index (χ0n) is 13.2. The third-order valence-electron chi connectivity index (χ3n) is 3.29. The molecule has 0 aliphatic rings. The topological polar surface area (TPSA) is 92.3 Å². The molecule has 0 saturated heterocycles. The van der Waals surface area contributed by atoms with Gasteiger partial charge in [-0.25, -0.2) is 8.42 Å². The van der Waals surface area contributed by atoms with Crippen LogP contribution in [0.2, 0.25) is 0 Å². The highest BCUT2D eigenvalue weighted by Gasteiger charge is 2.11. The van der Waals surface area contributed by atoms with Crippen LogP contribution in [-0.4, -0.2) is 33.0 Å². The molecule has 0 unspecified atom stereocenters. The maximum atomic E-state index is 11.9. The summed E-state index contributed by atoms with van der Waals surface area (Å²) in [6, 6.07) is 15.0. The molecule has 2 aromatic rings. The molecule has 0 heterocycles. The van der Waals surface area contributed by atoms with Crippen LogP contribution in [0.1, 0.15) is 15.9 Å². The smallest absolute Gasteiger partial charge is 0.251 e. The van der Waals surface area contributed by atoms with E-state index in [0.29, 0.717) is 12.1 Å². The minimum absolute atomic E-state index is 0.139. The van der Waals surface area contributed by atoms with Gasteiger partial charge in [-0.3, -0.25) is 9.59 Å². The third kappa shape index (κ3) is 5.20. The van der Waals surface area contributed by atoms with Crippen LogP contribution in [-0.2, 0) is 21.2 Å². The van der Waals surface area contributed by atoms with Crippen molar-refractivity contribution >= 4 is 21.7 Å². The molecule has 0 aliphatic carbocycles. The van der Waals surface area contributed by atoms with E-state index in [1.54, 1.807) is 0 Å². The van der Waals surface area contributed by atoms with Crippen molar-refractivity contribution in [1.82, 2.24) is 10.6 Å². The van der Waals surface area contributed by atoms with Crippen molar-refractivity contribution in [2.24, 2.45) is 0 Å². The molecule has 2 N–H and O–H groups in total. The maximum absolute atomic E-state index is 11.9. The van der Waals surface area contributed by atoms with Crippen molar-refractivity contribution in [3.63, 3.8) is 0 Å². The zero-order chi connectivity index (χ0) is 17.6. The minimum Gasteiger partial charge on any atom is -0.350 e. The highest BCUT2D eigenvalue weighted by molar-refractivity contribution is 7.90. The number of carbonyl (C=O) groups is 2. The summed E-state index contributed by atoms with van der Waals surface area (Å²) in [4.78, 5) is 23.8. The summed E-state index contributed by atoms with van der Waals surface area (Å²) >= 11 is 0. The molecular formula is C17H18N2O4S. The van der Waals surface area contributed by atoms with E-state index in [2.05, 4.69) is 10.6 Å². The molecule has 2 rings (SSSR count). The summed E-state index contributed by atoms with van der Waals surface area (Å²) in [6.45, 7) is 0.234. The standard InChI is InChI=1S/C17H18N2O4S/c1-24(22,23)15-9-7-14(8-10-15)17(21)19-12-16(20)18-11-13-5-3-2-4-6-13/h2-10H,11-12H2,1H3,(H,18,20)(H,19,21). The summed E-state index contributed by atoms with van der Waals surface area (Å²) < 4.78 is 22.7. The third-order valence-corrected chi connectivity index (χ3v) is 4.42. The van der Waals surface area contributed by atoms with Crippen LogP contribution in [0.4, 0.5) is 0 Å². The van der Waals surface area contributed by atoms with Crippen LogP contribution in [0.15, 0.2) is 59.5 Å². The number of hydrogen-bond donors (Lipinski definition) is 2. The first kappa shape index (κ1) is 17.7. The van der Waals surface area contributed by atoms with Gasteiger partial charge in [-0.05, 0) is 29.8 Å². The SMILES string of the molecule is CS(=O)(=O)c1ccc(C(=O)NCC(=O)NCc2ccccc2)cc1. The van der Waals surface area contributed by atoms with Crippen LogP contribution < -0.4 is 10.6 Å². The molecule has 0 atom stereocenters. The van der Waals surface area contributed by atoms with E-state index in [1.165, 1.54) is 24.3 Å². The normalized spacial score (nSPS) is 10.9. The van der Waals surface area contributed by atoms with Crippen molar-refractivity contribution in [3.8, 4) is 0 Å². The van der Waals surface area contributed by atoms with Crippen LogP contribution in [0.5, 0.6) is 0 Å². The first-order valence-electron chi connectivity index (χ1n) is 7.25. The van der Waals surface area contributed by atoms with Crippen LogP contribution in [0, 0.1) is 0 Å². The van der Waals surface area contributed by atoms with E-state index in [0.717, 1.165) is 11.8 Å². The fourth-order valence-electron chi connectivity index (χ4n) is 1.98. The summed E-state index contributed by atoms with van der Waals surface area (Å²) in [6.07, 6.45) is 1.10. The number of sulfone groups is 1. The van der Waals surface area contributed by atoms with E-state index >= 15 is 0 Å². The Bertz CT molecular complexity index is 815. The molecule has 0 aromatic heterocycles. The second-order valence-electron chi connectivity index (χ2n) is 5.24. The highest BCUT2D eigenvalue weighted by atomic mass is 32.2. The molecule has 2 amide bonds. The van der Waals surface area contributed by atoms with E-state index in [4.69, 9.17) is 0 Å². The number of benzene rings is 2. The predicted molar refractivity (Wildman–Crippen MR) is 90.2 cm³/mol. The second-order valence-corrected chi connectivity index (χ2v) is 7.26. The van der Waals surface area contributed by atoms with Crippen LogP contribution >= 0.6 is 0 Å². The first-order chi connectivity index (χ1) is 11.4. The summed E-state index contributed by atoms with van der Waals surface area (Å²) in [5, 5.41) is 5.19. The molecule has 6 nitrogen and oxygen atoms in total. The van der Waals surface area contributed by atoms with Gasteiger partial charge in [0.05, 0.1) is 11.4 Å². The molecule has 0 bridgehead atoms. The maximum Gasteiger partial charge on any atom is 0.251 e. The van der Waals surface area contributed by atoms with E-state index < -0.39 is 15.7 Å². The Labute approximate surface area is 140 Å². The molecule has 0 aliphatic heterocycles. The van der Waals surface area contributed by atoms with Crippen molar-refractivity contribution in [2.45, 2.75) is 11.4 Å². The molecule has 2 aromatic carbocycles. The number of rotatable bonds is 6. The molecule has 0 saturated carbocycles. The Morgan fingerprint density at radius 1 is 0.917 bits per heavy atom. The highest BCUT2D eigenvalue weighted by Crippen LogP contribution is 2.10. The van der Waals surface area contributed by atoms with Crippen molar-refractivity contribution in [3.05, 3.63) is 65.7 Å². The molecular weight excluding hydrogens is 328 g/mol. The Hall–Kier alpha value is -2.67. The Balaban J connectivity index is 1.83. The number of nitrogens with one attached hydrogen (secondary N) is 2. The second kappa shape index (κ2) is 7.74. The fraction of sp³-hybridized carbons (Fsp3) is 0.176. The van der Waals surface area contributed by atoms with Crippen LogP contribution in [0.3, 0.4) is 0 Å². The van der Waals surface area contributed by atoms with Crippen LogP contribution in [0.25, 0.3) is 0 Å². The summed E-state index contributed by atoms with van der Waals surface area (Å²) in [7, 11) is -3.30. The average molecular weight is 346 g/mol. The fourth-order valence-corrected chi connectivity index (χ4v) is 2.61. The molecule has 7 heteroatoms. The first-order valence-corrected chi connectivity index (χ1v) is 9.14. The molecule has 126 valence electrons. The van der Waals surface area contributed by atoms with Gasteiger partial charge in [-0.1, -0.05) is 30.3 Å². The minimum atomic E-state index is -3.30. The Morgan fingerprint density at radius 2 is 1.54 bits per heavy atom. The Morgan fingerprint density at radius 3 is 2.12 bits per heavy atom. The quantitative estimate of drug-likeness (QED) is 0.820. The van der Waals surface area contributed by atoms with Gasteiger partial charge in [-0.2, -0.15) is 0 Å². The van der Waals surface area contributed by atoms with E-state index in [1.807, 2.05) is 30.3 Å². The van der Waals surface area contributed by atoms with Gasteiger partial charge in [0, 0.05) is 18.4 Å². The number of carbonyl (C=O) groups excluding carboxylic acids is 2. The Kier molecular flexibility index (Phi) is 5.70. The van der Waals surface area contributed by atoms with Gasteiger partial charge in [0.15, 0.2) is 9.84 Å². The van der Waals surface area contributed by atoms with Gasteiger partial charge >= 0.3 is 0 Å². The molecule has 24 heavy (non-hydrogen) atoms. The summed E-state index contributed by atoms with van der Waals surface area (Å²) in [5.74, 6) is -0.745. The van der Waals surface area contributed by atoms with Gasteiger partial charge < -0.3 is 10.6 Å². The van der Waals surface area contributed by atoms with Crippen molar-refractivity contribution in [2.75, 3.05) is 12.8 Å². The van der Waals surface area contributed by atoms with Gasteiger partial charge in [0.1, 0.15) is 0 Å². The lowest BCUT2D eigenvalue weighted by molar-refractivity contribution is -0.120. The van der Waals surface area contributed by atoms with Crippen molar-refractivity contribution in [1.29, 1.82) is 0 Å². The predicted octanol–water partition coefficient (Wildman–Crippen LogP) is 1.14. The van der Waals surface area contributed by atoms with Crippen molar-refractivity contribution < 1.29 is 18.0 Å². The molecule has 0 radical (unpaired) electrons. The molecule has 0 spiro atoms. The van der Waals surface area contributed by atoms with Gasteiger partial charge in [0.25, 0.3) is 5.91 Å². The van der Waals surface area contributed by atoms with E-state index in [9.17, 15) is 18.0 Å². The zero-order valence-corrected chi connectivity index (χ0v) is 14.0. The lowest BCUT2D eigenvalue weighted by Crippen LogP contribution is -2.36. The lowest BCUT2D eigenvalue weighted by atomic mass is 10.2. The van der Waals surface area contributed by atoms with Gasteiger partial charge in [-0.15, -0.1) is 0 Å². The number of amides is 2. The monoisotopic (exact) mass is 346 g/mol. The lowest BCUT2D eigenvalue weighted by Gasteiger charge is -2.07.